The minimum absolute atomic E-state index is 0.0422. The van der Waals surface area contributed by atoms with Crippen molar-refractivity contribution >= 4 is 0 Å². The molecule has 18 heavy (non-hydrogen) atoms. The second-order valence-corrected chi connectivity index (χ2v) is 5.66. The van der Waals surface area contributed by atoms with Crippen LogP contribution in [-0.2, 0) is 4.74 Å². The highest BCUT2D eigenvalue weighted by atomic mass is 16.5. The molecule has 0 saturated heterocycles. The molecule has 0 aromatic heterocycles. The fourth-order valence-corrected chi connectivity index (χ4v) is 1.94. The van der Waals surface area contributed by atoms with Gasteiger partial charge in [-0.25, -0.2) is 0 Å². The van der Waals surface area contributed by atoms with Gasteiger partial charge in [0.05, 0.1) is 5.60 Å². The average Bonchev–Trinajstić information content (AvgIpc) is 2.33. The maximum Gasteiger partial charge on any atom is 0.0598 e. The maximum absolute atomic E-state index is 5.83. The van der Waals surface area contributed by atoms with Crippen LogP contribution in [0.15, 0.2) is 30.3 Å². The lowest BCUT2D eigenvalue weighted by Gasteiger charge is -2.23. The molecule has 2 nitrogen and oxygen atoms in total. The van der Waals surface area contributed by atoms with Crippen molar-refractivity contribution in [3.8, 4) is 0 Å². The number of likely N-dealkylation sites (N-methyl/N-ethyl adjacent to an activating group) is 1. The minimum atomic E-state index is -0.0422. The number of rotatable bonds is 7. The monoisotopic (exact) mass is 249 g/mol. The Balaban J connectivity index is 2.51. The molecule has 0 heterocycles. The van der Waals surface area contributed by atoms with Crippen molar-refractivity contribution < 1.29 is 4.74 Å². The van der Waals surface area contributed by atoms with Crippen LogP contribution in [0.1, 0.15) is 45.6 Å². The van der Waals surface area contributed by atoms with Crippen LogP contribution in [0.25, 0.3) is 0 Å². The van der Waals surface area contributed by atoms with Crippen LogP contribution in [0, 0.1) is 0 Å². The molecular formula is C16H27NO. The number of hydrogen-bond donors (Lipinski definition) is 1. The highest BCUT2D eigenvalue weighted by Gasteiger charge is 2.14. The van der Waals surface area contributed by atoms with Gasteiger partial charge in [0, 0.05) is 13.2 Å². The van der Waals surface area contributed by atoms with Gasteiger partial charge in [0.1, 0.15) is 0 Å². The predicted octanol–water partition coefficient (Wildman–Crippen LogP) is 3.58. The van der Waals surface area contributed by atoms with Gasteiger partial charge in [-0.3, -0.25) is 0 Å². The van der Waals surface area contributed by atoms with Crippen molar-refractivity contribution in [3.63, 3.8) is 0 Å². The zero-order valence-electron chi connectivity index (χ0n) is 12.2. The van der Waals surface area contributed by atoms with E-state index < -0.39 is 0 Å². The van der Waals surface area contributed by atoms with Gasteiger partial charge in [-0.15, -0.1) is 0 Å². The van der Waals surface area contributed by atoms with Gasteiger partial charge in [-0.2, -0.15) is 0 Å². The Morgan fingerprint density at radius 3 is 2.39 bits per heavy atom. The maximum atomic E-state index is 5.83. The summed E-state index contributed by atoms with van der Waals surface area (Å²) < 4.78 is 5.83. The van der Waals surface area contributed by atoms with E-state index >= 15 is 0 Å². The fourth-order valence-electron chi connectivity index (χ4n) is 1.94. The highest BCUT2D eigenvalue weighted by Crippen LogP contribution is 2.20. The Morgan fingerprint density at radius 1 is 1.17 bits per heavy atom. The van der Waals surface area contributed by atoms with Crippen LogP contribution >= 0.6 is 0 Å². The van der Waals surface area contributed by atoms with Crippen molar-refractivity contribution in [3.05, 3.63) is 35.9 Å². The van der Waals surface area contributed by atoms with E-state index in [4.69, 9.17) is 4.74 Å². The van der Waals surface area contributed by atoms with Crippen LogP contribution in [0.2, 0.25) is 0 Å². The molecule has 1 aromatic carbocycles. The van der Waals surface area contributed by atoms with Crippen molar-refractivity contribution in [2.75, 3.05) is 19.7 Å². The Kier molecular flexibility index (Phi) is 6.37. The predicted molar refractivity (Wildman–Crippen MR) is 78.0 cm³/mol. The number of ether oxygens (including phenoxy) is 1. The molecule has 2 heteroatoms. The van der Waals surface area contributed by atoms with Gasteiger partial charge in [-0.05, 0) is 45.2 Å². The van der Waals surface area contributed by atoms with E-state index in [0.717, 1.165) is 26.1 Å². The molecule has 1 unspecified atom stereocenters. The second kappa shape index (κ2) is 7.55. The van der Waals surface area contributed by atoms with Crippen molar-refractivity contribution in [1.29, 1.82) is 0 Å². The lowest BCUT2D eigenvalue weighted by Crippen LogP contribution is -2.25. The van der Waals surface area contributed by atoms with E-state index in [1.54, 1.807) is 0 Å². The highest BCUT2D eigenvalue weighted by molar-refractivity contribution is 5.19. The summed E-state index contributed by atoms with van der Waals surface area (Å²) in [7, 11) is 0. The Hall–Kier alpha value is -0.860. The first-order valence-corrected chi connectivity index (χ1v) is 6.92. The third-order valence-electron chi connectivity index (χ3n) is 2.91. The molecule has 1 N–H and O–H groups in total. The summed E-state index contributed by atoms with van der Waals surface area (Å²) in [5, 5.41) is 3.44. The van der Waals surface area contributed by atoms with Crippen LogP contribution in [0.4, 0.5) is 0 Å². The number of hydrogen-bond acceptors (Lipinski definition) is 2. The molecular weight excluding hydrogens is 222 g/mol. The smallest absolute Gasteiger partial charge is 0.0598 e. The summed E-state index contributed by atoms with van der Waals surface area (Å²) in [6.07, 6.45) is 1.06. The first-order chi connectivity index (χ1) is 8.53. The van der Waals surface area contributed by atoms with E-state index in [9.17, 15) is 0 Å². The van der Waals surface area contributed by atoms with Gasteiger partial charge >= 0.3 is 0 Å². The summed E-state index contributed by atoms with van der Waals surface area (Å²) in [6.45, 7) is 11.3. The van der Waals surface area contributed by atoms with E-state index in [0.29, 0.717) is 5.92 Å². The quantitative estimate of drug-likeness (QED) is 0.797. The van der Waals surface area contributed by atoms with Crippen LogP contribution < -0.4 is 5.32 Å². The summed E-state index contributed by atoms with van der Waals surface area (Å²) in [4.78, 5) is 0. The van der Waals surface area contributed by atoms with Crippen molar-refractivity contribution in [2.45, 2.75) is 45.6 Å². The largest absolute Gasteiger partial charge is 0.376 e. The molecule has 1 atom stereocenters. The zero-order valence-corrected chi connectivity index (χ0v) is 12.2. The first-order valence-electron chi connectivity index (χ1n) is 6.92. The minimum Gasteiger partial charge on any atom is -0.376 e. The Labute approximate surface area is 112 Å². The van der Waals surface area contributed by atoms with Crippen LogP contribution in [0.3, 0.4) is 0 Å². The fraction of sp³-hybridized carbons (Fsp3) is 0.625. The molecule has 0 aliphatic heterocycles. The molecule has 1 rings (SSSR count). The SMILES string of the molecule is CCNCC(CCOC(C)(C)C)c1ccccc1. The zero-order chi connectivity index (χ0) is 13.4. The molecule has 102 valence electrons. The normalized spacial score (nSPS) is 13.6. The molecule has 0 aliphatic rings. The standard InChI is InChI=1S/C16H27NO/c1-5-17-13-15(11-12-18-16(2,3)4)14-9-7-6-8-10-14/h6-10,15,17H,5,11-13H2,1-4H3. The molecule has 0 radical (unpaired) electrons. The van der Waals surface area contributed by atoms with Crippen molar-refractivity contribution in [2.24, 2.45) is 0 Å². The first kappa shape index (κ1) is 15.2. The molecule has 0 aliphatic carbocycles. The summed E-state index contributed by atoms with van der Waals surface area (Å²) in [6, 6.07) is 10.7. The molecule has 0 spiro atoms. The van der Waals surface area contributed by atoms with E-state index in [2.05, 4.69) is 63.3 Å². The lowest BCUT2D eigenvalue weighted by atomic mass is 9.96. The van der Waals surface area contributed by atoms with Gasteiger partial charge in [0.15, 0.2) is 0 Å². The van der Waals surface area contributed by atoms with Gasteiger partial charge < -0.3 is 10.1 Å². The van der Waals surface area contributed by atoms with Crippen LogP contribution in [0.5, 0.6) is 0 Å². The van der Waals surface area contributed by atoms with E-state index in [-0.39, 0.29) is 5.60 Å². The summed E-state index contributed by atoms with van der Waals surface area (Å²) in [5.74, 6) is 0.536. The lowest BCUT2D eigenvalue weighted by molar-refractivity contribution is -0.00622. The molecule has 0 bridgehead atoms. The Morgan fingerprint density at radius 2 is 1.83 bits per heavy atom. The molecule has 0 amide bonds. The second-order valence-electron chi connectivity index (χ2n) is 5.66. The average molecular weight is 249 g/mol. The van der Waals surface area contributed by atoms with Crippen molar-refractivity contribution in [1.82, 2.24) is 5.32 Å². The molecule has 0 fully saturated rings. The Bertz CT molecular complexity index is 316. The van der Waals surface area contributed by atoms with Gasteiger partial charge in [0.25, 0.3) is 0 Å². The third-order valence-corrected chi connectivity index (χ3v) is 2.91. The van der Waals surface area contributed by atoms with Gasteiger partial charge in [0.2, 0.25) is 0 Å². The molecule has 1 aromatic rings. The molecule has 0 saturated carbocycles. The van der Waals surface area contributed by atoms with E-state index in [1.165, 1.54) is 5.56 Å². The topological polar surface area (TPSA) is 21.3 Å². The summed E-state index contributed by atoms with van der Waals surface area (Å²) >= 11 is 0. The van der Waals surface area contributed by atoms with Crippen LogP contribution in [-0.4, -0.2) is 25.3 Å². The number of nitrogens with one attached hydrogen (secondary N) is 1. The summed E-state index contributed by atoms with van der Waals surface area (Å²) in [5.41, 5.74) is 1.36. The third kappa shape index (κ3) is 6.18. The van der Waals surface area contributed by atoms with Gasteiger partial charge in [-0.1, -0.05) is 37.3 Å². The number of benzene rings is 1. The van der Waals surface area contributed by atoms with E-state index in [1.807, 2.05) is 0 Å².